The number of imidazole rings is 1. The van der Waals surface area contributed by atoms with Crippen molar-refractivity contribution in [3.05, 3.63) is 52.8 Å². The third-order valence-electron chi connectivity index (χ3n) is 3.74. The monoisotopic (exact) mass is 340 g/mol. The number of nitrogens with zero attached hydrogens (tertiary/aromatic N) is 3. The molecule has 0 aliphatic carbocycles. The van der Waals surface area contributed by atoms with Crippen molar-refractivity contribution in [2.45, 2.75) is 32.9 Å². The summed E-state index contributed by atoms with van der Waals surface area (Å²) in [5, 5.41) is 4.88. The molecule has 1 amide bonds. The molecule has 0 radical (unpaired) electrons. The Labute approximate surface area is 145 Å². The molecule has 0 unspecified atom stereocenters. The Morgan fingerprint density at radius 2 is 2.08 bits per heavy atom. The van der Waals surface area contributed by atoms with E-state index in [9.17, 15) is 4.79 Å². The van der Waals surface area contributed by atoms with Crippen molar-refractivity contribution < 1.29 is 4.79 Å². The summed E-state index contributed by atoms with van der Waals surface area (Å²) in [7, 11) is 0. The van der Waals surface area contributed by atoms with Crippen molar-refractivity contribution in [3.63, 3.8) is 0 Å². The Hall–Kier alpha value is -2.47. The zero-order chi connectivity index (χ0) is 17.1. The molecule has 24 heavy (non-hydrogen) atoms. The number of carbonyl (C=O) groups is 1. The molecule has 3 rings (SSSR count). The minimum absolute atomic E-state index is 0.155. The van der Waals surface area contributed by atoms with E-state index >= 15 is 0 Å². The number of benzene rings is 1. The number of fused-ring (bicyclic) bond motifs is 1. The highest BCUT2D eigenvalue weighted by atomic mass is 32.1. The quantitative estimate of drug-likeness (QED) is 0.715. The number of para-hydroxylation sites is 2. The van der Waals surface area contributed by atoms with E-state index in [1.807, 2.05) is 30.5 Å². The number of amides is 1. The van der Waals surface area contributed by atoms with Gasteiger partial charge in [0.15, 0.2) is 0 Å². The van der Waals surface area contributed by atoms with Crippen LogP contribution in [0, 0.1) is 0 Å². The molecule has 1 N–H and O–H groups in total. The van der Waals surface area contributed by atoms with Gasteiger partial charge in [-0.05, 0) is 39.0 Å². The number of hydrogen-bond acceptors (Lipinski definition) is 4. The summed E-state index contributed by atoms with van der Waals surface area (Å²) < 4.78 is 2.17. The Morgan fingerprint density at radius 3 is 2.79 bits per heavy atom. The molecule has 0 aliphatic heterocycles. The van der Waals surface area contributed by atoms with E-state index in [0.717, 1.165) is 22.6 Å². The zero-order valence-corrected chi connectivity index (χ0v) is 14.7. The minimum atomic E-state index is -0.188. The standard InChI is InChI=1S/C18H20N4OS/c1-12(2)22-16-7-5-4-6-15(16)21-18(22)13(3)20-17(23)9-8-14-10-24-11-19-14/h4-13H,1-3H3,(H,20,23)/b9-8-/t13-/m0/s1. The molecule has 0 aliphatic rings. The van der Waals surface area contributed by atoms with Gasteiger partial charge in [0.25, 0.3) is 0 Å². The van der Waals surface area contributed by atoms with Crippen molar-refractivity contribution in [3.8, 4) is 0 Å². The van der Waals surface area contributed by atoms with Crippen LogP contribution in [0.5, 0.6) is 0 Å². The number of rotatable bonds is 5. The van der Waals surface area contributed by atoms with Gasteiger partial charge in [0.2, 0.25) is 5.91 Å². The molecule has 3 aromatic rings. The van der Waals surface area contributed by atoms with Gasteiger partial charge >= 0.3 is 0 Å². The normalized spacial score (nSPS) is 13.0. The SMILES string of the molecule is CC(C)n1c([C@H](C)NC(=O)/C=C\c2cscn2)nc2ccccc21. The fourth-order valence-corrected chi connectivity index (χ4v) is 3.22. The van der Waals surface area contributed by atoms with Gasteiger partial charge in [-0.3, -0.25) is 4.79 Å². The largest absolute Gasteiger partial charge is 0.343 e. The van der Waals surface area contributed by atoms with Crippen molar-refractivity contribution in [1.29, 1.82) is 0 Å². The molecular weight excluding hydrogens is 320 g/mol. The molecule has 1 atom stereocenters. The molecule has 2 aromatic heterocycles. The molecule has 0 fully saturated rings. The van der Waals surface area contributed by atoms with E-state index in [1.165, 1.54) is 17.4 Å². The highest BCUT2D eigenvalue weighted by Gasteiger charge is 2.19. The first-order valence-corrected chi connectivity index (χ1v) is 8.84. The van der Waals surface area contributed by atoms with E-state index in [4.69, 9.17) is 4.98 Å². The zero-order valence-electron chi connectivity index (χ0n) is 13.9. The maximum absolute atomic E-state index is 12.2. The summed E-state index contributed by atoms with van der Waals surface area (Å²) >= 11 is 1.50. The van der Waals surface area contributed by atoms with Crippen LogP contribution >= 0.6 is 11.3 Å². The van der Waals surface area contributed by atoms with Crippen molar-refractivity contribution in [1.82, 2.24) is 19.9 Å². The second-order valence-corrected chi connectivity index (χ2v) is 6.62. The topological polar surface area (TPSA) is 59.8 Å². The molecule has 6 heteroatoms. The highest BCUT2D eigenvalue weighted by molar-refractivity contribution is 7.07. The summed E-state index contributed by atoms with van der Waals surface area (Å²) in [4.78, 5) is 21.0. The molecule has 0 spiro atoms. The van der Waals surface area contributed by atoms with Gasteiger partial charge in [-0.25, -0.2) is 9.97 Å². The lowest BCUT2D eigenvalue weighted by atomic mass is 10.2. The number of carbonyl (C=O) groups excluding carboxylic acids is 1. The number of hydrogen-bond donors (Lipinski definition) is 1. The molecule has 0 saturated heterocycles. The van der Waals surface area contributed by atoms with Crippen LogP contribution in [0.2, 0.25) is 0 Å². The van der Waals surface area contributed by atoms with Crippen LogP contribution in [0.3, 0.4) is 0 Å². The van der Waals surface area contributed by atoms with Gasteiger partial charge in [-0.1, -0.05) is 12.1 Å². The van der Waals surface area contributed by atoms with E-state index in [0.29, 0.717) is 0 Å². The molecule has 2 heterocycles. The Morgan fingerprint density at radius 1 is 1.29 bits per heavy atom. The summed E-state index contributed by atoms with van der Waals surface area (Å²) in [6.07, 6.45) is 3.22. The molecule has 0 saturated carbocycles. The fourth-order valence-electron chi connectivity index (χ4n) is 2.70. The lowest BCUT2D eigenvalue weighted by Gasteiger charge is -2.18. The van der Waals surface area contributed by atoms with Gasteiger partial charge in [-0.2, -0.15) is 0 Å². The number of aromatic nitrogens is 3. The van der Waals surface area contributed by atoms with E-state index < -0.39 is 0 Å². The van der Waals surface area contributed by atoms with Crippen LogP contribution in [-0.4, -0.2) is 20.4 Å². The van der Waals surface area contributed by atoms with Crippen molar-refractivity contribution >= 4 is 34.4 Å². The first-order valence-electron chi connectivity index (χ1n) is 7.90. The molecule has 5 nitrogen and oxygen atoms in total. The number of thiazole rings is 1. The molecule has 1 aromatic carbocycles. The van der Waals surface area contributed by atoms with Gasteiger partial charge < -0.3 is 9.88 Å². The second-order valence-electron chi connectivity index (χ2n) is 5.90. The maximum atomic E-state index is 12.2. The summed E-state index contributed by atoms with van der Waals surface area (Å²) in [5.41, 5.74) is 4.56. The highest BCUT2D eigenvalue weighted by Crippen LogP contribution is 2.24. The molecular formula is C18H20N4OS. The van der Waals surface area contributed by atoms with Crippen LogP contribution < -0.4 is 5.32 Å². The van der Waals surface area contributed by atoms with Crippen molar-refractivity contribution in [2.75, 3.05) is 0 Å². The van der Waals surface area contributed by atoms with Crippen LogP contribution in [0.1, 0.15) is 44.4 Å². The predicted molar refractivity (Wildman–Crippen MR) is 97.8 cm³/mol. The van der Waals surface area contributed by atoms with E-state index in [2.05, 4.69) is 34.8 Å². The van der Waals surface area contributed by atoms with E-state index in [1.54, 1.807) is 11.6 Å². The van der Waals surface area contributed by atoms with Gasteiger partial charge in [0.05, 0.1) is 28.3 Å². The summed E-state index contributed by atoms with van der Waals surface area (Å²) in [5.74, 6) is 0.708. The Bertz CT molecular complexity index is 864. The average Bonchev–Trinajstić information content (AvgIpc) is 3.20. The van der Waals surface area contributed by atoms with Crippen molar-refractivity contribution in [2.24, 2.45) is 0 Å². The minimum Gasteiger partial charge on any atom is -0.343 e. The molecule has 124 valence electrons. The lowest BCUT2D eigenvalue weighted by Crippen LogP contribution is -2.27. The second kappa shape index (κ2) is 6.97. The number of nitrogens with one attached hydrogen (secondary N) is 1. The summed E-state index contributed by atoms with van der Waals surface area (Å²) in [6, 6.07) is 8.11. The van der Waals surface area contributed by atoms with Gasteiger partial charge in [0, 0.05) is 17.5 Å². The first-order chi connectivity index (χ1) is 11.6. The Balaban J connectivity index is 1.82. The Kier molecular flexibility index (Phi) is 4.76. The van der Waals surface area contributed by atoms with Gasteiger partial charge in [-0.15, -0.1) is 11.3 Å². The van der Waals surface area contributed by atoms with Crippen LogP contribution in [-0.2, 0) is 4.79 Å². The van der Waals surface area contributed by atoms with Crippen LogP contribution in [0.4, 0.5) is 0 Å². The third-order valence-corrected chi connectivity index (χ3v) is 4.35. The predicted octanol–water partition coefficient (Wildman–Crippen LogP) is 3.96. The smallest absolute Gasteiger partial charge is 0.244 e. The van der Waals surface area contributed by atoms with Crippen LogP contribution in [0.15, 0.2) is 41.2 Å². The van der Waals surface area contributed by atoms with Gasteiger partial charge in [0.1, 0.15) is 5.82 Å². The molecule has 0 bridgehead atoms. The fraction of sp³-hybridized carbons (Fsp3) is 0.278. The lowest BCUT2D eigenvalue weighted by molar-refractivity contribution is -0.117. The third kappa shape index (κ3) is 3.38. The summed E-state index contributed by atoms with van der Waals surface area (Å²) in [6.45, 7) is 6.19. The first kappa shape index (κ1) is 16.4. The maximum Gasteiger partial charge on any atom is 0.244 e. The average molecular weight is 340 g/mol. The van der Waals surface area contributed by atoms with E-state index in [-0.39, 0.29) is 18.0 Å². The van der Waals surface area contributed by atoms with Crippen LogP contribution in [0.25, 0.3) is 17.1 Å².